The van der Waals surface area contributed by atoms with Crippen LogP contribution in [0.15, 0.2) is 0 Å². The Labute approximate surface area is 92.8 Å². The lowest BCUT2D eigenvalue weighted by molar-refractivity contribution is -0.271. The number of nitrogens with zero attached hydrogens (tertiary/aromatic N) is 2. The molecule has 2 aliphatic heterocycles. The van der Waals surface area contributed by atoms with E-state index in [9.17, 15) is 18.7 Å². The van der Waals surface area contributed by atoms with Crippen LogP contribution in [0.5, 0.6) is 0 Å². The molecule has 6 heteroatoms. The molecule has 0 unspecified atom stereocenters. The van der Waals surface area contributed by atoms with Gasteiger partial charge >= 0.3 is 0 Å². The highest BCUT2D eigenvalue weighted by Gasteiger charge is 2.38. The first-order chi connectivity index (χ1) is 7.46. The minimum Gasteiger partial charge on any atom is -0.530 e. The number of hydrogen-bond donors (Lipinski definition) is 0. The first-order valence-corrected chi connectivity index (χ1v) is 5.52. The van der Waals surface area contributed by atoms with Crippen molar-refractivity contribution in [3.8, 4) is 0 Å². The summed E-state index contributed by atoms with van der Waals surface area (Å²) in [5, 5.41) is 10.4. The predicted molar refractivity (Wildman–Crippen MR) is 51.1 cm³/mol. The summed E-state index contributed by atoms with van der Waals surface area (Å²) in [6, 6.07) is 0. The molecule has 0 saturated carbocycles. The van der Waals surface area contributed by atoms with Gasteiger partial charge in [-0.15, -0.1) is 0 Å². The van der Waals surface area contributed by atoms with Gasteiger partial charge in [-0.2, -0.15) is 0 Å². The Bertz CT molecular complexity index is 280. The van der Waals surface area contributed by atoms with Crippen molar-refractivity contribution >= 4 is 6.09 Å². The Morgan fingerprint density at radius 2 is 2.12 bits per heavy atom. The van der Waals surface area contributed by atoms with Crippen molar-refractivity contribution in [1.29, 1.82) is 0 Å². The largest absolute Gasteiger partial charge is 0.530 e. The van der Waals surface area contributed by atoms with Crippen molar-refractivity contribution in [2.45, 2.75) is 18.8 Å². The third kappa shape index (κ3) is 2.61. The maximum atomic E-state index is 12.8. The van der Waals surface area contributed by atoms with Gasteiger partial charge in [-0.25, -0.2) is 8.78 Å². The van der Waals surface area contributed by atoms with E-state index in [1.54, 1.807) is 4.90 Å². The van der Waals surface area contributed by atoms with Gasteiger partial charge in [0.15, 0.2) is 0 Å². The van der Waals surface area contributed by atoms with E-state index in [1.807, 2.05) is 0 Å². The maximum absolute atomic E-state index is 12.8. The molecule has 2 heterocycles. The van der Waals surface area contributed by atoms with Crippen molar-refractivity contribution in [3.05, 3.63) is 0 Å². The Kier molecular flexibility index (Phi) is 3.01. The smallest absolute Gasteiger partial charge is 0.261 e. The Balaban J connectivity index is 1.62. The maximum Gasteiger partial charge on any atom is 0.261 e. The molecule has 0 aromatic carbocycles. The third-order valence-corrected chi connectivity index (χ3v) is 3.32. The van der Waals surface area contributed by atoms with Crippen LogP contribution >= 0.6 is 0 Å². The summed E-state index contributed by atoms with van der Waals surface area (Å²) in [7, 11) is 0. The minimum absolute atomic E-state index is 0.0527. The van der Waals surface area contributed by atoms with Crippen LogP contribution in [0.4, 0.5) is 13.6 Å². The number of likely N-dealkylation sites (tertiary alicyclic amines) is 2. The summed E-state index contributed by atoms with van der Waals surface area (Å²) in [5.41, 5.74) is 0. The zero-order chi connectivity index (χ0) is 11.8. The molecule has 1 amide bonds. The van der Waals surface area contributed by atoms with Gasteiger partial charge in [-0.3, -0.25) is 4.90 Å². The highest BCUT2D eigenvalue weighted by molar-refractivity contribution is 5.63. The number of hydrogen-bond acceptors (Lipinski definition) is 3. The number of halogens is 2. The fraction of sp³-hybridized carbons (Fsp3) is 0.900. The monoisotopic (exact) mass is 233 g/mol. The fourth-order valence-electron chi connectivity index (χ4n) is 2.26. The van der Waals surface area contributed by atoms with Crippen LogP contribution in [0.3, 0.4) is 0 Å². The zero-order valence-corrected chi connectivity index (χ0v) is 8.99. The second kappa shape index (κ2) is 4.16. The van der Waals surface area contributed by atoms with Crippen LogP contribution in [0.2, 0.25) is 0 Å². The van der Waals surface area contributed by atoms with Gasteiger partial charge in [-0.1, -0.05) is 0 Å². The quantitative estimate of drug-likeness (QED) is 0.689. The number of alkyl halides is 2. The lowest BCUT2D eigenvalue weighted by atomic mass is 9.97. The van der Waals surface area contributed by atoms with Gasteiger partial charge < -0.3 is 14.8 Å². The molecule has 0 atom stereocenters. The van der Waals surface area contributed by atoms with Crippen LogP contribution in [0, 0.1) is 5.92 Å². The van der Waals surface area contributed by atoms with E-state index in [2.05, 4.69) is 0 Å². The molecule has 92 valence electrons. The normalized spacial score (nSPS) is 25.8. The Hall–Kier alpha value is -0.910. The predicted octanol–water partition coefficient (Wildman–Crippen LogP) is -0.00740. The second-order valence-corrected chi connectivity index (χ2v) is 4.71. The van der Waals surface area contributed by atoms with E-state index in [-0.39, 0.29) is 13.0 Å². The standard InChI is InChI=1S/C10H16F2N2O2/c11-10(12)2-4-13(7-10)3-1-8-5-14(6-8)9(15)16/h8H,1-7H2,(H,15,16)/p-1. The van der Waals surface area contributed by atoms with Crippen molar-refractivity contribution < 1.29 is 18.7 Å². The van der Waals surface area contributed by atoms with Crippen molar-refractivity contribution in [2.24, 2.45) is 5.92 Å². The van der Waals surface area contributed by atoms with Gasteiger partial charge in [0.1, 0.15) is 6.09 Å². The summed E-state index contributed by atoms with van der Waals surface area (Å²) in [5.74, 6) is -2.22. The van der Waals surface area contributed by atoms with Gasteiger partial charge in [-0.05, 0) is 18.9 Å². The topological polar surface area (TPSA) is 46.6 Å². The van der Waals surface area contributed by atoms with Crippen molar-refractivity contribution in [2.75, 3.05) is 32.7 Å². The zero-order valence-electron chi connectivity index (χ0n) is 8.99. The lowest BCUT2D eigenvalue weighted by Gasteiger charge is -2.41. The van der Waals surface area contributed by atoms with E-state index in [0.717, 1.165) is 6.42 Å². The third-order valence-electron chi connectivity index (χ3n) is 3.32. The molecule has 0 aromatic rings. The summed E-state index contributed by atoms with van der Waals surface area (Å²) in [4.78, 5) is 13.4. The summed E-state index contributed by atoms with van der Waals surface area (Å²) < 4.78 is 25.7. The molecular formula is C10H15F2N2O2-. The molecular weight excluding hydrogens is 218 g/mol. The number of carbonyl (C=O) groups excluding carboxylic acids is 1. The summed E-state index contributed by atoms with van der Waals surface area (Å²) >= 11 is 0. The second-order valence-electron chi connectivity index (χ2n) is 4.71. The highest BCUT2D eigenvalue weighted by Crippen LogP contribution is 2.28. The average molecular weight is 233 g/mol. The van der Waals surface area contributed by atoms with E-state index in [4.69, 9.17) is 0 Å². The van der Waals surface area contributed by atoms with Gasteiger partial charge in [0.2, 0.25) is 0 Å². The molecule has 2 rings (SSSR count). The number of carboxylic acid groups (broad SMARTS) is 1. The first kappa shape index (κ1) is 11.6. The van der Waals surface area contributed by atoms with Gasteiger partial charge in [0.25, 0.3) is 5.92 Å². The molecule has 0 radical (unpaired) electrons. The highest BCUT2D eigenvalue weighted by atomic mass is 19.3. The number of rotatable bonds is 3. The summed E-state index contributed by atoms with van der Waals surface area (Å²) in [6.07, 6.45) is -0.396. The molecule has 0 aromatic heterocycles. The van der Waals surface area contributed by atoms with Crippen LogP contribution in [-0.2, 0) is 0 Å². The molecule has 0 aliphatic carbocycles. The van der Waals surface area contributed by atoms with E-state index >= 15 is 0 Å². The molecule has 2 saturated heterocycles. The van der Waals surface area contributed by atoms with Crippen molar-refractivity contribution in [1.82, 2.24) is 9.80 Å². The molecule has 2 fully saturated rings. The molecule has 2 aliphatic rings. The van der Waals surface area contributed by atoms with Crippen molar-refractivity contribution in [3.63, 3.8) is 0 Å². The molecule has 0 spiro atoms. The minimum atomic E-state index is -2.53. The Morgan fingerprint density at radius 1 is 1.44 bits per heavy atom. The molecule has 16 heavy (non-hydrogen) atoms. The number of carbonyl (C=O) groups is 1. The summed E-state index contributed by atoms with van der Waals surface area (Å²) in [6.45, 7) is 1.92. The molecule has 0 N–H and O–H groups in total. The van der Waals surface area contributed by atoms with E-state index < -0.39 is 12.0 Å². The lowest BCUT2D eigenvalue weighted by Crippen LogP contribution is -2.55. The molecule has 4 nitrogen and oxygen atoms in total. The van der Waals surface area contributed by atoms with Crippen LogP contribution in [0.1, 0.15) is 12.8 Å². The van der Waals surface area contributed by atoms with E-state index in [0.29, 0.717) is 32.1 Å². The number of amides is 1. The molecule has 0 bridgehead atoms. The van der Waals surface area contributed by atoms with Crippen LogP contribution in [-0.4, -0.2) is 54.5 Å². The van der Waals surface area contributed by atoms with Gasteiger partial charge in [0, 0.05) is 26.1 Å². The Morgan fingerprint density at radius 3 is 2.62 bits per heavy atom. The van der Waals surface area contributed by atoms with E-state index in [1.165, 1.54) is 4.90 Å². The van der Waals surface area contributed by atoms with Crippen LogP contribution < -0.4 is 5.11 Å². The average Bonchev–Trinajstić information content (AvgIpc) is 2.42. The van der Waals surface area contributed by atoms with Gasteiger partial charge in [0.05, 0.1) is 6.54 Å². The fourth-order valence-corrected chi connectivity index (χ4v) is 2.26. The first-order valence-electron chi connectivity index (χ1n) is 5.52. The van der Waals surface area contributed by atoms with Crippen LogP contribution in [0.25, 0.3) is 0 Å². The SMILES string of the molecule is O=C([O-])N1CC(CCN2CCC(F)(F)C2)C1.